The number of amides is 2. The van der Waals surface area contributed by atoms with Gasteiger partial charge in [0.05, 0.1) is 24.3 Å². The largest absolute Gasteiger partial charge is 0.418 e. The number of benzene rings is 2. The molecule has 0 atom stereocenters. The maximum absolute atomic E-state index is 13.0. The minimum absolute atomic E-state index is 0.100. The summed E-state index contributed by atoms with van der Waals surface area (Å²) in [5, 5.41) is 5.51. The van der Waals surface area contributed by atoms with Crippen molar-refractivity contribution in [2.45, 2.75) is 20.0 Å². The van der Waals surface area contributed by atoms with Crippen LogP contribution in [-0.2, 0) is 15.8 Å². The van der Waals surface area contributed by atoms with E-state index in [2.05, 4.69) is 10.6 Å². The van der Waals surface area contributed by atoms with Crippen molar-refractivity contribution in [3.63, 3.8) is 0 Å². The molecule has 156 valence electrons. The Morgan fingerprint density at radius 1 is 0.966 bits per heavy atom. The molecule has 0 spiro atoms. The van der Waals surface area contributed by atoms with Gasteiger partial charge in [-0.05, 0) is 43.3 Å². The zero-order valence-electron chi connectivity index (χ0n) is 15.9. The van der Waals surface area contributed by atoms with Gasteiger partial charge >= 0.3 is 6.18 Å². The SMILES string of the molecule is CCN(CC(=O)Nc1ccccc1C(F)(F)F)CC(=O)Nc1cccc(Cl)c1C. The molecule has 0 fully saturated rings. The van der Waals surface area contributed by atoms with Gasteiger partial charge in [0.2, 0.25) is 11.8 Å². The number of nitrogens with zero attached hydrogens (tertiary/aromatic N) is 1. The van der Waals surface area contributed by atoms with Crippen LogP contribution >= 0.6 is 11.6 Å². The normalized spacial score (nSPS) is 11.4. The van der Waals surface area contributed by atoms with Crippen molar-refractivity contribution < 1.29 is 22.8 Å². The summed E-state index contributed by atoms with van der Waals surface area (Å²) in [6.45, 7) is 3.54. The third kappa shape index (κ3) is 6.47. The fourth-order valence-corrected chi connectivity index (χ4v) is 2.82. The summed E-state index contributed by atoms with van der Waals surface area (Å²) in [5.74, 6) is -1.00. The lowest BCUT2D eigenvalue weighted by Gasteiger charge is -2.20. The Morgan fingerprint density at radius 3 is 2.10 bits per heavy atom. The zero-order valence-corrected chi connectivity index (χ0v) is 16.7. The highest BCUT2D eigenvalue weighted by Crippen LogP contribution is 2.34. The predicted octanol–water partition coefficient (Wildman–Crippen LogP) is 4.57. The smallest absolute Gasteiger partial charge is 0.325 e. The molecule has 0 aliphatic carbocycles. The summed E-state index contributed by atoms with van der Waals surface area (Å²) in [6, 6.07) is 9.85. The molecule has 2 N–H and O–H groups in total. The molecule has 0 saturated heterocycles. The molecule has 0 aliphatic heterocycles. The molecule has 2 aromatic rings. The lowest BCUT2D eigenvalue weighted by Crippen LogP contribution is -2.39. The van der Waals surface area contributed by atoms with Gasteiger partial charge in [-0.1, -0.05) is 36.7 Å². The van der Waals surface area contributed by atoms with Gasteiger partial charge in [0.15, 0.2) is 0 Å². The summed E-state index contributed by atoms with van der Waals surface area (Å²) in [4.78, 5) is 26.0. The Morgan fingerprint density at radius 2 is 1.52 bits per heavy atom. The Bertz CT molecular complexity index is 888. The van der Waals surface area contributed by atoms with Crippen molar-refractivity contribution in [3.05, 3.63) is 58.6 Å². The minimum Gasteiger partial charge on any atom is -0.325 e. The lowest BCUT2D eigenvalue weighted by molar-refractivity contribution is -0.137. The molecule has 2 rings (SSSR count). The lowest BCUT2D eigenvalue weighted by atomic mass is 10.1. The van der Waals surface area contributed by atoms with Crippen molar-refractivity contribution in [1.29, 1.82) is 0 Å². The van der Waals surface area contributed by atoms with Crippen LogP contribution in [0.2, 0.25) is 5.02 Å². The van der Waals surface area contributed by atoms with E-state index >= 15 is 0 Å². The quantitative estimate of drug-likeness (QED) is 0.680. The van der Waals surface area contributed by atoms with Gasteiger partial charge in [0, 0.05) is 10.7 Å². The number of rotatable bonds is 7. The first-order valence-electron chi connectivity index (χ1n) is 8.85. The van der Waals surface area contributed by atoms with E-state index in [1.54, 1.807) is 32.0 Å². The van der Waals surface area contributed by atoms with Crippen molar-refractivity contribution in [3.8, 4) is 0 Å². The fraction of sp³-hybridized carbons (Fsp3) is 0.300. The maximum atomic E-state index is 13.0. The molecule has 0 bridgehead atoms. The van der Waals surface area contributed by atoms with Gasteiger partial charge in [-0.15, -0.1) is 0 Å². The highest BCUT2D eigenvalue weighted by molar-refractivity contribution is 6.31. The summed E-state index contributed by atoms with van der Waals surface area (Å²) >= 11 is 6.03. The van der Waals surface area contributed by atoms with Crippen molar-refractivity contribution >= 4 is 34.8 Å². The number of hydrogen-bond acceptors (Lipinski definition) is 3. The molecule has 29 heavy (non-hydrogen) atoms. The van der Waals surface area contributed by atoms with Crippen LogP contribution in [0.25, 0.3) is 0 Å². The number of hydrogen-bond donors (Lipinski definition) is 2. The molecular formula is C20H21ClF3N3O2. The molecular weight excluding hydrogens is 407 g/mol. The third-order valence-electron chi connectivity index (χ3n) is 4.23. The number of alkyl halides is 3. The Balaban J connectivity index is 1.98. The van der Waals surface area contributed by atoms with E-state index in [4.69, 9.17) is 11.6 Å². The van der Waals surface area contributed by atoms with Gasteiger partial charge in [-0.25, -0.2) is 0 Å². The number of nitrogens with one attached hydrogen (secondary N) is 2. The summed E-state index contributed by atoms with van der Waals surface area (Å²) < 4.78 is 39.1. The van der Waals surface area contributed by atoms with Gasteiger partial charge in [-0.2, -0.15) is 13.2 Å². The zero-order chi connectivity index (χ0) is 21.6. The summed E-state index contributed by atoms with van der Waals surface area (Å²) in [6.07, 6.45) is -4.58. The molecule has 0 unspecified atom stereocenters. The number of carbonyl (C=O) groups excluding carboxylic acids is 2. The highest BCUT2D eigenvalue weighted by atomic mass is 35.5. The van der Waals surface area contributed by atoms with Gasteiger partial charge in [0.1, 0.15) is 0 Å². The molecule has 2 amide bonds. The van der Waals surface area contributed by atoms with Gasteiger partial charge < -0.3 is 10.6 Å². The average molecular weight is 428 g/mol. The third-order valence-corrected chi connectivity index (χ3v) is 4.64. The van der Waals surface area contributed by atoms with E-state index in [1.165, 1.54) is 23.1 Å². The van der Waals surface area contributed by atoms with Crippen LogP contribution in [0.15, 0.2) is 42.5 Å². The van der Waals surface area contributed by atoms with Crippen LogP contribution in [0.5, 0.6) is 0 Å². The second-order valence-corrected chi connectivity index (χ2v) is 6.76. The minimum atomic E-state index is -4.58. The molecule has 0 saturated carbocycles. The highest BCUT2D eigenvalue weighted by Gasteiger charge is 2.33. The van der Waals surface area contributed by atoms with Crippen molar-refractivity contribution in [1.82, 2.24) is 4.90 Å². The van der Waals surface area contributed by atoms with E-state index in [1.807, 2.05) is 0 Å². The van der Waals surface area contributed by atoms with Gasteiger partial charge in [-0.3, -0.25) is 14.5 Å². The van der Waals surface area contributed by atoms with Crippen LogP contribution in [0, 0.1) is 6.92 Å². The molecule has 0 aliphatic rings. The van der Waals surface area contributed by atoms with Crippen molar-refractivity contribution in [2.75, 3.05) is 30.3 Å². The van der Waals surface area contributed by atoms with Crippen LogP contribution < -0.4 is 10.6 Å². The monoisotopic (exact) mass is 427 g/mol. The number of anilines is 2. The Kier molecular flexibility index (Phi) is 7.64. The van der Waals surface area contributed by atoms with E-state index in [0.29, 0.717) is 22.8 Å². The molecule has 2 aromatic carbocycles. The molecule has 0 heterocycles. The molecule has 0 radical (unpaired) electrons. The predicted molar refractivity (Wildman–Crippen MR) is 107 cm³/mol. The maximum Gasteiger partial charge on any atom is 0.418 e. The Labute approximate surface area is 171 Å². The second-order valence-electron chi connectivity index (χ2n) is 6.36. The van der Waals surface area contributed by atoms with Crippen LogP contribution in [-0.4, -0.2) is 36.3 Å². The van der Waals surface area contributed by atoms with E-state index in [-0.39, 0.29) is 24.7 Å². The first-order chi connectivity index (χ1) is 13.6. The van der Waals surface area contributed by atoms with Crippen LogP contribution in [0.4, 0.5) is 24.5 Å². The number of likely N-dealkylation sites (N-methyl/N-ethyl adjacent to an activating group) is 1. The van der Waals surface area contributed by atoms with Crippen LogP contribution in [0.1, 0.15) is 18.1 Å². The first kappa shape index (κ1) is 22.7. The van der Waals surface area contributed by atoms with E-state index in [9.17, 15) is 22.8 Å². The summed E-state index contributed by atoms with van der Waals surface area (Å²) in [5.41, 5.74) is 0.0276. The fourth-order valence-electron chi connectivity index (χ4n) is 2.65. The van der Waals surface area contributed by atoms with Crippen molar-refractivity contribution in [2.24, 2.45) is 0 Å². The molecule has 9 heteroatoms. The average Bonchev–Trinajstić information content (AvgIpc) is 2.64. The number of carbonyl (C=O) groups is 2. The Hall–Kier alpha value is -2.58. The second kappa shape index (κ2) is 9.76. The van der Waals surface area contributed by atoms with Gasteiger partial charge in [0.25, 0.3) is 0 Å². The topological polar surface area (TPSA) is 61.4 Å². The standard InChI is InChI=1S/C20H21ClF3N3O2/c1-3-27(11-18(28)25-16-10-6-8-15(21)13(16)2)12-19(29)26-17-9-5-4-7-14(17)20(22,23)24/h4-10H,3,11-12H2,1-2H3,(H,25,28)(H,26,29). The van der Waals surface area contributed by atoms with Crippen LogP contribution in [0.3, 0.4) is 0 Å². The molecule has 0 aromatic heterocycles. The summed E-state index contributed by atoms with van der Waals surface area (Å²) in [7, 11) is 0. The van der Waals surface area contributed by atoms with E-state index < -0.39 is 17.6 Å². The van der Waals surface area contributed by atoms with E-state index in [0.717, 1.165) is 6.07 Å². The molecule has 5 nitrogen and oxygen atoms in total. The number of para-hydroxylation sites is 1. The number of halogens is 4. The first-order valence-corrected chi connectivity index (χ1v) is 9.23.